The highest BCUT2D eigenvalue weighted by molar-refractivity contribution is 5.83. The molecular formula is C19H26FNO3. The van der Waals surface area contributed by atoms with Crippen molar-refractivity contribution in [2.24, 2.45) is 5.92 Å². The van der Waals surface area contributed by atoms with Gasteiger partial charge in [0.1, 0.15) is 5.78 Å². The minimum atomic E-state index is -0.340. The zero-order valence-electron chi connectivity index (χ0n) is 14.5. The van der Waals surface area contributed by atoms with Crippen molar-refractivity contribution in [1.29, 1.82) is 0 Å². The van der Waals surface area contributed by atoms with Crippen LogP contribution in [0.15, 0.2) is 12.1 Å². The number of benzene rings is 1. The van der Waals surface area contributed by atoms with Crippen molar-refractivity contribution < 1.29 is 18.7 Å². The van der Waals surface area contributed by atoms with Gasteiger partial charge in [0, 0.05) is 31.5 Å². The number of methoxy groups -OCH3 is 1. The van der Waals surface area contributed by atoms with Crippen molar-refractivity contribution in [3.8, 4) is 11.5 Å². The van der Waals surface area contributed by atoms with Crippen LogP contribution in [-0.4, -0.2) is 44.2 Å². The molecule has 1 saturated heterocycles. The average molecular weight is 335 g/mol. The fourth-order valence-corrected chi connectivity index (χ4v) is 3.96. The van der Waals surface area contributed by atoms with Gasteiger partial charge < -0.3 is 9.47 Å². The van der Waals surface area contributed by atoms with Crippen LogP contribution in [0.5, 0.6) is 11.5 Å². The van der Waals surface area contributed by atoms with E-state index in [4.69, 9.17) is 9.47 Å². The molecule has 0 unspecified atom stereocenters. The lowest BCUT2D eigenvalue weighted by atomic mass is 9.81. The van der Waals surface area contributed by atoms with E-state index in [1.54, 1.807) is 7.11 Å². The number of nitrogens with zero attached hydrogens (tertiary/aromatic N) is 1. The summed E-state index contributed by atoms with van der Waals surface area (Å²) >= 11 is 0. The van der Waals surface area contributed by atoms with E-state index in [0.29, 0.717) is 25.9 Å². The summed E-state index contributed by atoms with van der Waals surface area (Å²) in [4.78, 5) is 14.9. The third-order valence-corrected chi connectivity index (χ3v) is 5.18. The number of alkyl halides is 1. The highest BCUT2D eigenvalue weighted by atomic mass is 19.1. The maximum atomic E-state index is 12.5. The summed E-state index contributed by atoms with van der Waals surface area (Å²) in [6.07, 6.45) is 2.61. The number of rotatable bonds is 6. The Kier molecular flexibility index (Phi) is 5.39. The van der Waals surface area contributed by atoms with Gasteiger partial charge in [-0.1, -0.05) is 0 Å². The van der Waals surface area contributed by atoms with E-state index < -0.39 is 0 Å². The highest BCUT2D eigenvalue weighted by Crippen LogP contribution is 2.42. The van der Waals surface area contributed by atoms with Crippen LogP contribution in [0, 0.1) is 5.92 Å². The Hall–Kier alpha value is -1.62. The molecule has 2 atom stereocenters. The van der Waals surface area contributed by atoms with Gasteiger partial charge in [-0.2, -0.15) is 0 Å². The summed E-state index contributed by atoms with van der Waals surface area (Å²) in [7, 11) is 1.65. The van der Waals surface area contributed by atoms with Crippen molar-refractivity contribution >= 4 is 5.78 Å². The lowest BCUT2D eigenvalue weighted by molar-refractivity contribution is -0.129. The minimum absolute atomic E-state index is 0.0110. The molecule has 0 bridgehead atoms. The van der Waals surface area contributed by atoms with Gasteiger partial charge in [0.05, 0.1) is 20.4 Å². The van der Waals surface area contributed by atoms with Gasteiger partial charge in [0.2, 0.25) is 0 Å². The van der Waals surface area contributed by atoms with Crippen LogP contribution in [0.1, 0.15) is 43.4 Å². The molecule has 0 saturated carbocycles. The van der Waals surface area contributed by atoms with Gasteiger partial charge in [-0.3, -0.25) is 14.1 Å². The molecule has 3 rings (SSSR count). The molecule has 0 aromatic heterocycles. The first-order valence-corrected chi connectivity index (χ1v) is 8.84. The molecule has 0 radical (unpaired) electrons. The smallest absolute Gasteiger partial charge is 0.161 e. The van der Waals surface area contributed by atoms with Gasteiger partial charge >= 0.3 is 0 Å². The molecular weight excluding hydrogens is 309 g/mol. The summed E-state index contributed by atoms with van der Waals surface area (Å²) in [5, 5.41) is 0. The summed E-state index contributed by atoms with van der Waals surface area (Å²) in [6.45, 7) is 3.87. The van der Waals surface area contributed by atoms with Crippen molar-refractivity contribution in [3.63, 3.8) is 0 Å². The number of hydrogen-bond donors (Lipinski definition) is 0. The number of fused-ring (bicyclic) bond motifs is 3. The Morgan fingerprint density at radius 1 is 1.33 bits per heavy atom. The zero-order chi connectivity index (χ0) is 17.1. The molecule has 5 heteroatoms. The molecule has 0 amide bonds. The van der Waals surface area contributed by atoms with Gasteiger partial charge in [0.15, 0.2) is 11.5 Å². The number of Topliss-reactive ketones (excluding diaryl/α,β-unsaturated/α-hetero) is 1. The van der Waals surface area contributed by atoms with Crippen molar-refractivity contribution in [3.05, 3.63) is 23.3 Å². The van der Waals surface area contributed by atoms with Gasteiger partial charge in [-0.25, -0.2) is 0 Å². The van der Waals surface area contributed by atoms with Crippen molar-refractivity contribution in [1.82, 2.24) is 4.90 Å². The van der Waals surface area contributed by atoms with Crippen LogP contribution in [0.4, 0.5) is 4.39 Å². The molecule has 0 spiro atoms. The fourth-order valence-electron chi connectivity index (χ4n) is 3.96. The van der Waals surface area contributed by atoms with E-state index in [1.807, 2.05) is 13.0 Å². The predicted octanol–water partition coefficient (Wildman–Crippen LogP) is 3.33. The number of carbonyl (C=O) groups excluding carboxylic acids is 1. The molecule has 24 heavy (non-hydrogen) atoms. The summed E-state index contributed by atoms with van der Waals surface area (Å²) < 4.78 is 23.6. The predicted molar refractivity (Wildman–Crippen MR) is 90.5 cm³/mol. The number of carbonyl (C=O) groups is 1. The molecule has 2 aliphatic heterocycles. The van der Waals surface area contributed by atoms with E-state index in [2.05, 4.69) is 11.0 Å². The van der Waals surface area contributed by atoms with Crippen LogP contribution in [0.25, 0.3) is 0 Å². The molecule has 4 nitrogen and oxygen atoms in total. The lowest BCUT2D eigenvalue weighted by Gasteiger charge is -2.43. The number of ketones is 1. The summed E-state index contributed by atoms with van der Waals surface area (Å²) in [5.41, 5.74) is 2.43. The molecule has 1 aromatic carbocycles. The Bertz CT molecular complexity index is 605. The van der Waals surface area contributed by atoms with Crippen LogP contribution in [-0.2, 0) is 11.2 Å². The van der Waals surface area contributed by atoms with Gasteiger partial charge in [0.25, 0.3) is 0 Å². The van der Waals surface area contributed by atoms with Crippen LogP contribution >= 0.6 is 0 Å². The maximum absolute atomic E-state index is 12.5. The summed E-state index contributed by atoms with van der Waals surface area (Å²) in [6, 6.07) is 4.22. The Balaban J connectivity index is 1.85. The first-order valence-electron chi connectivity index (χ1n) is 8.84. The van der Waals surface area contributed by atoms with Crippen LogP contribution in [0.2, 0.25) is 0 Å². The second kappa shape index (κ2) is 7.51. The standard InChI is InChI=1S/C19H26FNO3/c1-3-24-19-10-15-13(9-18(19)23-2)6-8-21-12-14(5-4-7-20)17(22)11-16(15)21/h9-10,14,16H,3-8,11-12H2,1-2H3/t14-,16-/m1/s1. The Labute approximate surface area is 142 Å². The molecule has 2 heterocycles. The van der Waals surface area contributed by atoms with E-state index in [-0.39, 0.29) is 24.4 Å². The number of piperidine rings is 1. The van der Waals surface area contributed by atoms with E-state index in [1.165, 1.54) is 11.1 Å². The average Bonchev–Trinajstić information content (AvgIpc) is 2.59. The normalized spacial score (nSPS) is 23.5. The van der Waals surface area contributed by atoms with E-state index in [9.17, 15) is 9.18 Å². The highest BCUT2D eigenvalue weighted by Gasteiger charge is 2.38. The first kappa shape index (κ1) is 17.2. The van der Waals surface area contributed by atoms with Crippen molar-refractivity contribution in [2.45, 2.75) is 38.6 Å². The SMILES string of the molecule is CCOc1cc2c(cc1OC)CCN1C[C@@H](CCCF)C(=O)C[C@H]21. The second-order valence-electron chi connectivity index (χ2n) is 6.59. The third kappa shape index (κ3) is 3.27. The van der Waals surface area contributed by atoms with Crippen LogP contribution < -0.4 is 9.47 Å². The molecule has 0 aliphatic carbocycles. The zero-order valence-corrected chi connectivity index (χ0v) is 14.5. The van der Waals surface area contributed by atoms with Crippen LogP contribution in [0.3, 0.4) is 0 Å². The largest absolute Gasteiger partial charge is 0.493 e. The van der Waals surface area contributed by atoms with Gasteiger partial charge in [-0.15, -0.1) is 0 Å². The van der Waals surface area contributed by atoms with Gasteiger partial charge in [-0.05, 0) is 49.4 Å². The minimum Gasteiger partial charge on any atom is -0.493 e. The van der Waals surface area contributed by atoms with E-state index >= 15 is 0 Å². The number of ether oxygens (including phenoxy) is 2. The van der Waals surface area contributed by atoms with Crippen molar-refractivity contribution in [2.75, 3.05) is 33.5 Å². The first-order chi connectivity index (χ1) is 11.7. The number of hydrogen-bond acceptors (Lipinski definition) is 4. The molecule has 1 fully saturated rings. The maximum Gasteiger partial charge on any atom is 0.161 e. The Morgan fingerprint density at radius 3 is 2.88 bits per heavy atom. The molecule has 132 valence electrons. The molecule has 2 aliphatic rings. The number of halogens is 1. The molecule has 1 aromatic rings. The summed E-state index contributed by atoms with van der Waals surface area (Å²) in [5.74, 6) is 1.76. The fraction of sp³-hybridized carbons (Fsp3) is 0.632. The third-order valence-electron chi connectivity index (χ3n) is 5.18. The quantitative estimate of drug-likeness (QED) is 0.799. The van der Waals surface area contributed by atoms with E-state index in [0.717, 1.165) is 31.0 Å². The second-order valence-corrected chi connectivity index (χ2v) is 6.59. The lowest BCUT2D eigenvalue weighted by Crippen LogP contribution is -2.46. The monoisotopic (exact) mass is 335 g/mol. The molecule has 0 N–H and O–H groups in total. The Morgan fingerprint density at radius 2 is 2.17 bits per heavy atom. The topological polar surface area (TPSA) is 38.8 Å².